The molecule has 2 heterocycles. The van der Waals surface area contributed by atoms with Gasteiger partial charge in [-0.2, -0.15) is 5.10 Å². The van der Waals surface area contributed by atoms with Gasteiger partial charge in [-0.15, -0.1) is 11.8 Å². The normalized spacial score (nSPS) is 18.4. The molecule has 0 saturated carbocycles. The summed E-state index contributed by atoms with van der Waals surface area (Å²) in [6.45, 7) is 2.27. The molecule has 1 aliphatic rings. The molecule has 0 bridgehead atoms. The Balaban J connectivity index is 2.03. The Hall–Kier alpha value is -1.42. The monoisotopic (exact) mass is 245 g/mol. The Morgan fingerprint density at radius 1 is 1.41 bits per heavy atom. The van der Waals surface area contributed by atoms with Gasteiger partial charge in [0, 0.05) is 28.8 Å². The summed E-state index contributed by atoms with van der Waals surface area (Å²) >= 11 is 1.95. The molecule has 0 saturated heterocycles. The number of nitrogens with two attached hydrogens (primary N) is 1. The van der Waals surface area contributed by atoms with Crippen molar-refractivity contribution in [1.82, 2.24) is 9.78 Å². The van der Waals surface area contributed by atoms with Gasteiger partial charge in [0.15, 0.2) is 0 Å². The lowest BCUT2D eigenvalue weighted by atomic mass is 10.1. The first-order chi connectivity index (χ1) is 8.13. The molecule has 0 amide bonds. The van der Waals surface area contributed by atoms with E-state index in [9.17, 15) is 0 Å². The lowest BCUT2D eigenvalue weighted by Gasteiger charge is -2.01. The van der Waals surface area contributed by atoms with E-state index >= 15 is 0 Å². The molecule has 2 aromatic rings. The molecular formula is C13H15N3S. The number of nitrogens with zero attached hydrogens (tertiary/aromatic N) is 2. The Morgan fingerprint density at radius 2 is 2.24 bits per heavy atom. The molecule has 3 nitrogen and oxygen atoms in total. The first kappa shape index (κ1) is 10.7. The van der Waals surface area contributed by atoms with Crippen molar-refractivity contribution in [3.8, 4) is 11.3 Å². The molecule has 4 heteroatoms. The van der Waals surface area contributed by atoms with Gasteiger partial charge in [0.05, 0.1) is 5.69 Å². The summed E-state index contributed by atoms with van der Waals surface area (Å²) in [6.07, 6.45) is 1.17. The summed E-state index contributed by atoms with van der Waals surface area (Å²) in [5, 5.41) is 5.10. The number of nitrogen functional groups attached to an aromatic ring is 1. The molecule has 1 atom stereocenters. The standard InChI is InChI=1S/C13H15N3S/c1-8-5-10-4-3-9(6-12(10)17-8)11-7-13(14)16(2)15-11/h3-4,6-8H,5,14H2,1-2H3. The molecule has 2 N–H and O–H groups in total. The zero-order valence-electron chi connectivity index (χ0n) is 9.97. The van der Waals surface area contributed by atoms with E-state index in [1.165, 1.54) is 16.9 Å². The highest BCUT2D eigenvalue weighted by atomic mass is 32.2. The summed E-state index contributed by atoms with van der Waals surface area (Å²) in [6, 6.07) is 8.50. The van der Waals surface area contributed by atoms with Gasteiger partial charge in [-0.1, -0.05) is 19.1 Å². The maximum atomic E-state index is 5.81. The maximum Gasteiger partial charge on any atom is 0.121 e. The molecule has 17 heavy (non-hydrogen) atoms. The number of hydrogen-bond acceptors (Lipinski definition) is 3. The summed E-state index contributed by atoms with van der Waals surface area (Å²) in [5.74, 6) is 0.696. The summed E-state index contributed by atoms with van der Waals surface area (Å²) in [5.41, 5.74) is 9.36. The second kappa shape index (κ2) is 3.81. The average Bonchev–Trinajstić information content (AvgIpc) is 2.80. The van der Waals surface area contributed by atoms with Crippen molar-refractivity contribution in [2.24, 2.45) is 7.05 Å². The Morgan fingerprint density at radius 3 is 2.94 bits per heavy atom. The first-order valence-corrected chi connectivity index (χ1v) is 6.61. The number of aryl methyl sites for hydroxylation is 1. The maximum absolute atomic E-state index is 5.81. The van der Waals surface area contributed by atoms with Crippen LogP contribution in [0, 0.1) is 0 Å². The zero-order chi connectivity index (χ0) is 12.0. The number of fused-ring (bicyclic) bond motifs is 1. The van der Waals surface area contributed by atoms with E-state index in [2.05, 4.69) is 30.2 Å². The minimum atomic E-state index is 0.689. The van der Waals surface area contributed by atoms with E-state index in [4.69, 9.17) is 5.73 Å². The van der Waals surface area contributed by atoms with Crippen LogP contribution < -0.4 is 5.73 Å². The molecular weight excluding hydrogens is 230 g/mol. The average molecular weight is 245 g/mol. The fourth-order valence-corrected chi connectivity index (χ4v) is 3.38. The number of aromatic nitrogens is 2. The molecule has 1 aromatic carbocycles. The Labute approximate surface area is 105 Å². The van der Waals surface area contributed by atoms with Crippen molar-refractivity contribution in [2.75, 3.05) is 5.73 Å². The first-order valence-electron chi connectivity index (χ1n) is 5.73. The Bertz CT molecular complexity index is 555. The molecule has 1 aromatic heterocycles. The SMILES string of the molecule is CC1Cc2ccc(-c3cc(N)n(C)n3)cc2S1. The quantitative estimate of drug-likeness (QED) is 0.840. The van der Waals surface area contributed by atoms with Crippen LogP contribution in [0.3, 0.4) is 0 Å². The van der Waals surface area contributed by atoms with Crippen LogP contribution in [0.2, 0.25) is 0 Å². The highest BCUT2D eigenvalue weighted by molar-refractivity contribution is 8.00. The lowest BCUT2D eigenvalue weighted by molar-refractivity contribution is 0.782. The van der Waals surface area contributed by atoms with Gasteiger partial charge >= 0.3 is 0 Å². The van der Waals surface area contributed by atoms with E-state index in [1.54, 1.807) is 4.68 Å². The number of rotatable bonds is 1. The lowest BCUT2D eigenvalue weighted by Crippen LogP contribution is -1.96. The van der Waals surface area contributed by atoms with E-state index in [-0.39, 0.29) is 0 Å². The van der Waals surface area contributed by atoms with Crippen LogP contribution in [-0.4, -0.2) is 15.0 Å². The number of benzene rings is 1. The second-order valence-electron chi connectivity index (χ2n) is 4.53. The van der Waals surface area contributed by atoms with Crippen LogP contribution in [0.1, 0.15) is 12.5 Å². The van der Waals surface area contributed by atoms with Crippen LogP contribution in [0.25, 0.3) is 11.3 Å². The van der Waals surface area contributed by atoms with Crippen molar-refractivity contribution >= 4 is 17.6 Å². The third-order valence-corrected chi connectivity index (χ3v) is 4.32. The third kappa shape index (κ3) is 1.82. The van der Waals surface area contributed by atoms with Crippen LogP contribution in [0.15, 0.2) is 29.2 Å². The van der Waals surface area contributed by atoms with Gasteiger partial charge in [-0.25, -0.2) is 0 Å². The van der Waals surface area contributed by atoms with Crippen LogP contribution >= 0.6 is 11.8 Å². The van der Waals surface area contributed by atoms with Crippen molar-refractivity contribution < 1.29 is 0 Å². The van der Waals surface area contributed by atoms with Gasteiger partial charge in [0.2, 0.25) is 0 Å². The molecule has 1 unspecified atom stereocenters. The van der Waals surface area contributed by atoms with Crippen molar-refractivity contribution in [3.63, 3.8) is 0 Å². The van der Waals surface area contributed by atoms with Crippen LogP contribution in [0.5, 0.6) is 0 Å². The predicted molar refractivity (Wildman–Crippen MR) is 72.1 cm³/mol. The largest absolute Gasteiger partial charge is 0.384 e. The fraction of sp³-hybridized carbons (Fsp3) is 0.308. The van der Waals surface area contributed by atoms with Gasteiger partial charge in [0.25, 0.3) is 0 Å². The summed E-state index contributed by atoms with van der Waals surface area (Å²) in [4.78, 5) is 1.39. The topological polar surface area (TPSA) is 43.8 Å². The van der Waals surface area contributed by atoms with Gasteiger partial charge in [-0.05, 0) is 18.1 Å². The highest BCUT2D eigenvalue weighted by Gasteiger charge is 2.19. The summed E-state index contributed by atoms with van der Waals surface area (Å²) < 4.78 is 1.71. The molecule has 1 aliphatic heterocycles. The van der Waals surface area contributed by atoms with Crippen LogP contribution in [-0.2, 0) is 13.5 Å². The summed E-state index contributed by atoms with van der Waals surface area (Å²) in [7, 11) is 1.86. The number of thioether (sulfide) groups is 1. The van der Waals surface area contributed by atoms with E-state index in [0.29, 0.717) is 11.1 Å². The molecule has 0 spiro atoms. The van der Waals surface area contributed by atoms with E-state index in [1.807, 2.05) is 24.9 Å². The van der Waals surface area contributed by atoms with Gasteiger partial charge in [0.1, 0.15) is 5.82 Å². The van der Waals surface area contributed by atoms with E-state index < -0.39 is 0 Å². The van der Waals surface area contributed by atoms with Gasteiger partial charge < -0.3 is 5.73 Å². The smallest absolute Gasteiger partial charge is 0.121 e. The Kier molecular flexibility index (Phi) is 2.40. The molecule has 88 valence electrons. The minimum Gasteiger partial charge on any atom is -0.384 e. The van der Waals surface area contributed by atoms with Crippen molar-refractivity contribution in [2.45, 2.75) is 23.5 Å². The number of anilines is 1. The number of hydrogen-bond donors (Lipinski definition) is 1. The zero-order valence-corrected chi connectivity index (χ0v) is 10.8. The second-order valence-corrected chi connectivity index (χ2v) is 6.01. The minimum absolute atomic E-state index is 0.689. The van der Waals surface area contributed by atoms with Crippen LogP contribution in [0.4, 0.5) is 5.82 Å². The fourth-order valence-electron chi connectivity index (χ4n) is 2.18. The van der Waals surface area contributed by atoms with E-state index in [0.717, 1.165) is 11.3 Å². The molecule has 0 aliphatic carbocycles. The molecule has 0 fully saturated rings. The third-order valence-electron chi connectivity index (χ3n) is 3.11. The molecule has 0 radical (unpaired) electrons. The molecule has 3 rings (SSSR count). The van der Waals surface area contributed by atoms with Gasteiger partial charge in [-0.3, -0.25) is 4.68 Å². The van der Waals surface area contributed by atoms with Crippen molar-refractivity contribution in [3.05, 3.63) is 29.8 Å². The highest BCUT2D eigenvalue weighted by Crippen LogP contribution is 2.38. The predicted octanol–water partition coefficient (Wildman–Crippen LogP) is 2.71. The van der Waals surface area contributed by atoms with Crippen molar-refractivity contribution in [1.29, 1.82) is 0 Å².